The van der Waals surface area contributed by atoms with Gasteiger partial charge in [0.15, 0.2) is 0 Å². The highest BCUT2D eigenvalue weighted by atomic mass is 16.3. The van der Waals surface area contributed by atoms with Crippen LogP contribution in [0.5, 0.6) is 0 Å². The molecule has 22 heavy (non-hydrogen) atoms. The molecule has 3 rings (SSSR count). The summed E-state index contributed by atoms with van der Waals surface area (Å²) >= 11 is 0. The molecule has 0 unspecified atom stereocenters. The van der Waals surface area contributed by atoms with Crippen LogP contribution in [0.3, 0.4) is 0 Å². The van der Waals surface area contributed by atoms with Gasteiger partial charge in [-0.15, -0.1) is 5.10 Å². The van der Waals surface area contributed by atoms with Crippen molar-refractivity contribution in [2.45, 2.75) is 57.8 Å². The molecule has 2 N–H and O–H groups in total. The number of hydrogen-bond donors (Lipinski definition) is 2. The Morgan fingerprint density at radius 1 is 1.32 bits per heavy atom. The molecule has 0 aliphatic heterocycles. The van der Waals surface area contributed by atoms with Crippen molar-refractivity contribution in [3.63, 3.8) is 0 Å². The summed E-state index contributed by atoms with van der Waals surface area (Å²) in [5.41, 5.74) is 2.94. The van der Waals surface area contributed by atoms with Crippen molar-refractivity contribution >= 4 is 0 Å². The lowest BCUT2D eigenvalue weighted by atomic mass is 9.90. The summed E-state index contributed by atoms with van der Waals surface area (Å²) < 4.78 is 3.77. The molecule has 1 saturated carbocycles. The minimum absolute atomic E-state index is 0.0559. The second-order valence-electron chi connectivity index (χ2n) is 6.10. The van der Waals surface area contributed by atoms with Crippen LogP contribution in [0.4, 0.5) is 0 Å². The van der Waals surface area contributed by atoms with Crippen molar-refractivity contribution in [2.75, 3.05) is 0 Å². The Balaban J connectivity index is 1.68. The molecule has 2 heterocycles. The van der Waals surface area contributed by atoms with E-state index >= 15 is 0 Å². The van der Waals surface area contributed by atoms with Gasteiger partial charge in [0.25, 0.3) is 0 Å². The molecule has 2 aromatic rings. The second-order valence-corrected chi connectivity index (χ2v) is 6.10. The summed E-state index contributed by atoms with van der Waals surface area (Å²) in [5, 5.41) is 25.4. The van der Waals surface area contributed by atoms with Gasteiger partial charge >= 0.3 is 0 Å². The van der Waals surface area contributed by atoms with Crippen LogP contribution in [0.25, 0.3) is 0 Å². The summed E-state index contributed by atoms with van der Waals surface area (Å²) in [6, 6.07) is 0.681. The topological polar surface area (TPSA) is 80.8 Å². The molecular weight excluding hydrogens is 280 g/mol. The fourth-order valence-electron chi connectivity index (χ4n) is 3.28. The molecule has 0 saturated heterocycles. The molecule has 0 spiro atoms. The molecule has 2 atom stereocenters. The van der Waals surface area contributed by atoms with E-state index in [1.165, 1.54) is 18.4 Å². The summed E-state index contributed by atoms with van der Waals surface area (Å²) in [4.78, 5) is 0. The molecule has 0 radical (unpaired) electrons. The van der Waals surface area contributed by atoms with E-state index in [-0.39, 0.29) is 6.61 Å². The first-order valence-corrected chi connectivity index (χ1v) is 7.91. The van der Waals surface area contributed by atoms with E-state index in [4.69, 9.17) is 5.11 Å². The molecule has 120 valence electrons. The predicted octanol–water partition coefficient (Wildman–Crippen LogP) is 1.09. The first kappa shape index (κ1) is 15.2. The summed E-state index contributed by atoms with van der Waals surface area (Å²) in [6.45, 7) is 2.81. The third-order valence-corrected chi connectivity index (χ3v) is 4.46. The Bertz CT molecular complexity index is 619. The van der Waals surface area contributed by atoms with Crippen molar-refractivity contribution in [1.82, 2.24) is 30.1 Å². The second kappa shape index (κ2) is 6.58. The zero-order valence-electron chi connectivity index (χ0n) is 13.2. The minimum Gasteiger partial charge on any atom is -0.390 e. The Morgan fingerprint density at radius 3 is 2.82 bits per heavy atom. The minimum atomic E-state index is -0.0559. The normalized spacial score (nSPS) is 22.1. The van der Waals surface area contributed by atoms with Crippen LogP contribution in [-0.4, -0.2) is 35.9 Å². The highest BCUT2D eigenvalue weighted by Crippen LogP contribution is 2.28. The Kier molecular flexibility index (Phi) is 4.54. The fourth-order valence-corrected chi connectivity index (χ4v) is 3.28. The van der Waals surface area contributed by atoms with Gasteiger partial charge in [0, 0.05) is 31.4 Å². The van der Waals surface area contributed by atoms with E-state index in [2.05, 4.69) is 26.9 Å². The van der Waals surface area contributed by atoms with Crippen LogP contribution < -0.4 is 5.32 Å². The smallest absolute Gasteiger partial charge is 0.108 e. The number of aliphatic hydroxyl groups is 1. The van der Waals surface area contributed by atoms with E-state index < -0.39 is 0 Å². The fraction of sp³-hybridized carbons (Fsp3) is 0.667. The van der Waals surface area contributed by atoms with E-state index in [1.807, 2.05) is 29.5 Å². The average Bonchev–Trinajstić information content (AvgIpc) is 3.12. The first-order valence-electron chi connectivity index (χ1n) is 7.91. The highest BCUT2D eigenvalue weighted by Gasteiger charge is 2.27. The molecule has 7 nitrogen and oxygen atoms in total. The van der Waals surface area contributed by atoms with Crippen molar-refractivity contribution in [2.24, 2.45) is 7.05 Å². The van der Waals surface area contributed by atoms with Crippen LogP contribution >= 0.6 is 0 Å². The third kappa shape index (κ3) is 3.20. The number of nitrogens with zero attached hydrogens (tertiary/aromatic N) is 5. The number of aromatic nitrogens is 5. The highest BCUT2D eigenvalue weighted by molar-refractivity contribution is 5.15. The van der Waals surface area contributed by atoms with Crippen LogP contribution in [0.2, 0.25) is 0 Å². The quantitative estimate of drug-likeness (QED) is 0.864. The predicted molar refractivity (Wildman–Crippen MR) is 82.0 cm³/mol. The number of aryl methyl sites for hydroxylation is 2. The van der Waals surface area contributed by atoms with E-state index in [0.29, 0.717) is 17.8 Å². The average molecular weight is 304 g/mol. The molecule has 1 aliphatic rings. The molecular formula is C15H24N6O. The molecule has 0 aromatic carbocycles. The number of hydrogen-bond acceptors (Lipinski definition) is 5. The SMILES string of the molecule is Cc1nn(C)cc1CN[C@H]1CCCC[C@H]1n1cc(CO)nn1. The molecule has 2 aromatic heterocycles. The standard InChI is InChI=1S/C15H24N6O/c1-11-12(8-20(2)18-11)7-16-14-5-3-4-6-15(14)21-9-13(10-22)17-19-21/h8-9,14-16,22H,3-7,10H2,1-2H3/t14-,15+/m0/s1. The Hall–Kier alpha value is -1.73. The number of aliphatic hydroxyl groups excluding tert-OH is 1. The van der Waals surface area contributed by atoms with Gasteiger partial charge in [-0.2, -0.15) is 5.10 Å². The Labute approximate surface area is 130 Å². The maximum atomic E-state index is 9.16. The van der Waals surface area contributed by atoms with Gasteiger partial charge in [-0.05, 0) is 19.8 Å². The van der Waals surface area contributed by atoms with Crippen molar-refractivity contribution in [1.29, 1.82) is 0 Å². The molecule has 1 fully saturated rings. The lowest BCUT2D eigenvalue weighted by Gasteiger charge is -2.32. The summed E-state index contributed by atoms with van der Waals surface area (Å²) in [7, 11) is 1.95. The van der Waals surface area contributed by atoms with Gasteiger partial charge in [-0.25, -0.2) is 4.68 Å². The maximum Gasteiger partial charge on any atom is 0.108 e. The molecule has 0 bridgehead atoms. The van der Waals surface area contributed by atoms with Crippen LogP contribution in [0.1, 0.15) is 48.7 Å². The Morgan fingerprint density at radius 2 is 2.14 bits per heavy atom. The van der Waals surface area contributed by atoms with Crippen molar-refractivity contribution in [3.05, 3.63) is 29.3 Å². The maximum absolute atomic E-state index is 9.16. The van der Waals surface area contributed by atoms with E-state index in [0.717, 1.165) is 25.1 Å². The van der Waals surface area contributed by atoms with Crippen LogP contribution in [0, 0.1) is 6.92 Å². The van der Waals surface area contributed by atoms with Gasteiger partial charge in [0.2, 0.25) is 0 Å². The van der Waals surface area contributed by atoms with Gasteiger partial charge in [-0.3, -0.25) is 4.68 Å². The van der Waals surface area contributed by atoms with E-state index in [9.17, 15) is 0 Å². The monoisotopic (exact) mass is 304 g/mol. The van der Waals surface area contributed by atoms with Crippen LogP contribution in [0.15, 0.2) is 12.4 Å². The lowest BCUT2D eigenvalue weighted by molar-refractivity contribution is 0.242. The molecule has 1 aliphatic carbocycles. The van der Waals surface area contributed by atoms with E-state index in [1.54, 1.807) is 0 Å². The van der Waals surface area contributed by atoms with Gasteiger partial charge in [0.05, 0.1) is 24.5 Å². The summed E-state index contributed by atoms with van der Waals surface area (Å²) in [5.74, 6) is 0. The van der Waals surface area contributed by atoms with Crippen molar-refractivity contribution in [3.8, 4) is 0 Å². The largest absolute Gasteiger partial charge is 0.390 e. The zero-order chi connectivity index (χ0) is 15.5. The van der Waals surface area contributed by atoms with Gasteiger partial charge in [0.1, 0.15) is 5.69 Å². The molecule has 0 amide bonds. The lowest BCUT2D eigenvalue weighted by Crippen LogP contribution is -2.39. The van der Waals surface area contributed by atoms with Crippen molar-refractivity contribution < 1.29 is 5.11 Å². The van der Waals surface area contributed by atoms with Crippen LogP contribution in [-0.2, 0) is 20.2 Å². The zero-order valence-corrected chi connectivity index (χ0v) is 13.2. The molecule has 7 heteroatoms. The number of nitrogens with one attached hydrogen (secondary N) is 1. The number of rotatable bonds is 5. The summed E-state index contributed by atoms with van der Waals surface area (Å²) in [6.07, 6.45) is 8.61. The third-order valence-electron chi connectivity index (χ3n) is 4.46. The first-order chi connectivity index (χ1) is 10.7. The van der Waals surface area contributed by atoms with Gasteiger partial charge < -0.3 is 10.4 Å². The van der Waals surface area contributed by atoms with Gasteiger partial charge in [-0.1, -0.05) is 18.1 Å².